The van der Waals surface area contributed by atoms with Gasteiger partial charge in [-0.2, -0.15) is 0 Å². The predicted molar refractivity (Wildman–Crippen MR) is 77.6 cm³/mol. The Balaban J connectivity index is 1.78. The molecule has 3 aromatic rings. The third-order valence-corrected chi connectivity index (χ3v) is 2.97. The molecule has 0 saturated heterocycles. The van der Waals surface area contributed by atoms with Gasteiger partial charge >= 0.3 is 0 Å². The molecular weight excluding hydrogens is 256 g/mol. The second-order valence-corrected chi connectivity index (χ2v) is 4.44. The summed E-state index contributed by atoms with van der Waals surface area (Å²) in [5, 5.41) is 3.57. The Hall–Kier alpha value is -2.83. The average Bonchev–Trinajstić information content (AvgIpc) is 2.93. The van der Waals surface area contributed by atoms with Gasteiger partial charge in [0.15, 0.2) is 0 Å². The van der Waals surface area contributed by atoms with E-state index in [0.717, 1.165) is 12.1 Å². The van der Waals surface area contributed by atoms with E-state index in [2.05, 4.69) is 25.3 Å². The summed E-state index contributed by atoms with van der Waals surface area (Å²) >= 11 is 0. The fourth-order valence-electron chi connectivity index (χ4n) is 1.98. The van der Waals surface area contributed by atoms with Crippen molar-refractivity contribution in [3.63, 3.8) is 0 Å². The molecule has 0 aliphatic heterocycles. The summed E-state index contributed by atoms with van der Waals surface area (Å²) in [5.74, 6) is 0.451. The zero-order valence-corrected chi connectivity index (χ0v) is 10.7. The maximum Gasteiger partial charge on any atom is 0.260 e. The zero-order valence-electron chi connectivity index (χ0n) is 10.7. The van der Waals surface area contributed by atoms with E-state index in [-0.39, 0.29) is 5.56 Å². The maximum absolute atomic E-state index is 11.9. The average molecular weight is 270 g/mol. The number of H-pyrrole nitrogens is 2. The van der Waals surface area contributed by atoms with Crippen LogP contribution in [0, 0.1) is 0 Å². The number of nitrogens with one attached hydrogen (secondary N) is 3. The SMILES string of the molecule is Nc1ccc2nc(NCCc3cnc[nH]3)[nH]c(=O)c2c1. The van der Waals surface area contributed by atoms with E-state index in [1.165, 1.54) is 0 Å². The summed E-state index contributed by atoms with van der Waals surface area (Å²) in [6.45, 7) is 0.644. The number of imidazole rings is 1. The third kappa shape index (κ3) is 2.46. The summed E-state index contributed by atoms with van der Waals surface area (Å²) in [5.41, 5.74) is 7.64. The predicted octanol–water partition coefficient (Wildman–Crippen LogP) is 0.883. The summed E-state index contributed by atoms with van der Waals surface area (Å²) in [7, 11) is 0. The first-order chi connectivity index (χ1) is 9.72. The molecule has 3 rings (SSSR count). The van der Waals surface area contributed by atoms with E-state index >= 15 is 0 Å². The zero-order chi connectivity index (χ0) is 13.9. The minimum atomic E-state index is -0.202. The Labute approximate surface area is 114 Å². The quantitative estimate of drug-likeness (QED) is 0.526. The van der Waals surface area contributed by atoms with Crippen LogP contribution < -0.4 is 16.6 Å². The molecule has 0 unspecified atom stereocenters. The number of anilines is 2. The molecule has 0 aliphatic carbocycles. The number of rotatable bonds is 4. The van der Waals surface area contributed by atoms with Gasteiger partial charge in [0, 0.05) is 30.5 Å². The van der Waals surface area contributed by atoms with Crippen LogP contribution in [-0.4, -0.2) is 26.5 Å². The number of aromatic amines is 2. The molecule has 20 heavy (non-hydrogen) atoms. The molecule has 0 fully saturated rings. The first kappa shape index (κ1) is 12.2. The van der Waals surface area contributed by atoms with Crippen molar-refractivity contribution in [3.05, 3.63) is 46.8 Å². The Kier molecular flexibility index (Phi) is 3.08. The lowest BCUT2D eigenvalue weighted by molar-refractivity contribution is 0.954. The molecule has 7 heteroatoms. The van der Waals surface area contributed by atoms with Gasteiger partial charge in [0.05, 0.1) is 17.2 Å². The van der Waals surface area contributed by atoms with Gasteiger partial charge in [-0.3, -0.25) is 9.78 Å². The van der Waals surface area contributed by atoms with Crippen LogP contribution in [-0.2, 0) is 6.42 Å². The highest BCUT2D eigenvalue weighted by Crippen LogP contribution is 2.12. The molecular formula is C13H14N6O. The molecule has 0 radical (unpaired) electrons. The molecule has 5 N–H and O–H groups in total. The van der Waals surface area contributed by atoms with Crippen LogP contribution in [0.4, 0.5) is 11.6 Å². The molecule has 1 aromatic carbocycles. The van der Waals surface area contributed by atoms with Crippen LogP contribution in [0.25, 0.3) is 10.9 Å². The number of hydrogen-bond donors (Lipinski definition) is 4. The normalized spacial score (nSPS) is 10.8. The van der Waals surface area contributed by atoms with Crippen LogP contribution in [0.5, 0.6) is 0 Å². The smallest absolute Gasteiger partial charge is 0.260 e. The Morgan fingerprint density at radius 3 is 3.05 bits per heavy atom. The summed E-state index contributed by atoms with van der Waals surface area (Å²) in [4.78, 5) is 25.9. The first-order valence-corrected chi connectivity index (χ1v) is 6.23. The van der Waals surface area contributed by atoms with Crippen LogP contribution in [0.1, 0.15) is 5.69 Å². The molecule has 0 spiro atoms. The van der Waals surface area contributed by atoms with Crippen LogP contribution in [0.2, 0.25) is 0 Å². The number of nitrogens with zero attached hydrogens (tertiary/aromatic N) is 2. The molecule has 0 amide bonds. The molecule has 2 heterocycles. The molecule has 7 nitrogen and oxygen atoms in total. The van der Waals surface area contributed by atoms with E-state index in [1.807, 2.05) is 0 Å². The first-order valence-electron chi connectivity index (χ1n) is 6.23. The molecule has 0 saturated carbocycles. The molecule has 0 aliphatic rings. The largest absolute Gasteiger partial charge is 0.399 e. The second kappa shape index (κ2) is 5.04. The third-order valence-electron chi connectivity index (χ3n) is 2.97. The highest BCUT2D eigenvalue weighted by Gasteiger charge is 2.04. The number of nitrogens with two attached hydrogens (primary N) is 1. The van der Waals surface area contributed by atoms with Crippen molar-refractivity contribution in [1.82, 2.24) is 19.9 Å². The number of nitrogen functional groups attached to an aromatic ring is 1. The summed E-state index contributed by atoms with van der Waals surface area (Å²) in [6, 6.07) is 5.08. The highest BCUT2D eigenvalue weighted by molar-refractivity contribution is 5.81. The van der Waals surface area contributed by atoms with E-state index in [0.29, 0.717) is 29.1 Å². The van der Waals surface area contributed by atoms with Crippen molar-refractivity contribution < 1.29 is 0 Å². The highest BCUT2D eigenvalue weighted by atomic mass is 16.1. The van der Waals surface area contributed by atoms with Crippen molar-refractivity contribution >= 4 is 22.5 Å². The van der Waals surface area contributed by atoms with Crippen molar-refractivity contribution in [2.45, 2.75) is 6.42 Å². The lowest BCUT2D eigenvalue weighted by Crippen LogP contribution is -2.15. The van der Waals surface area contributed by atoms with Gasteiger partial charge < -0.3 is 16.0 Å². The maximum atomic E-state index is 11.9. The molecule has 0 atom stereocenters. The number of hydrogen-bond acceptors (Lipinski definition) is 5. The minimum absolute atomic E-state index is 0.202. The standard InChI is InChI=1S/C13H14N6O/c14-8-1-2-11-10(5-8)12(20)19-13(18-11)16-4-3-9-6-15-7-17-9/h1-2,5-7H,3-4,14H2,(H,15,17)(H2,16,18,19,20). The molecule has 102 valence electrons. The lowest BCUT2D eigenvalue weighted by atomic mass is 10.2. The lowest BCUT2D eigenvalue weighted by Gasteiger charge is -2.06. The number of benzene rings is 1. The number of aromatic nitrogens is 4. The van der Waals surface area contributed by atoms with Crippen molar-refractivity contribution in [3.8, 4) is 0 Å². The van der Waals surface area contributed by atoms with Crippen LogP contribution >= 0.6 is 0 Å². The monoisotopic (exact) mass is 270 g/mol. The van der Waals surface area contributed by atoms with Gasteiger partial charge in [-0.1, -0.05) is 0 Å². The van der Waals surface area contributed by atoms with Crippen molar-refractivity contribution in [2.75, 3.05) is 17.6 Å². The van der Waals surface area contributed by atoms with Crippen molar-refractivity contribution in [1.29, 1.82) is 0 Å². The fourth-order valence-corrected chi connectivity index (χ4v) is 1.98. The van der Waals surface area contributed by atoms with Crippen LogP contribution in [0.3, 0.4) is 0 Å². The van der Waals surface area contributed by atoms with Crippen LogP contribution in [0.15, 0.2) is 35.5 Å². The number of fused-ring (bicyclic) bond motifs is 1. The molecule has 2 aromatic heterocycles. The van der Waals surface area contributed by atoms with Gasteiger partial charge in [-0.15, -0.1) is 0 Å². The Bertz CT molecular complexity index is 777. The van der Waals surface area contributed by atoms with Gasteiger partial charge in [-0.25, -0.2) is 9.97 Å². The second-order valence-electron chi connectivity index (χ2n) is 4.44. The van der Waals surface area contributed by atoms with E-state index < -0.39 is 0 Å². The van der Waals surface area contributed by atoms with Gasteiger partial charge in [0.1, 0.15) is 0 Å². The Morgan fingerprint density at radius 2 is 2.25 bits per heavy atom. The van der Waals surface area contributed by atoms with Gasteiger partial charge in [0.2, 0.25) is 5.95 Å². The van der Waals surface area contributed by atoms with E-state index in [4.69, 9.17) is 5.73 Å². The fraction of sp³-hybridized carbons (Fsp3) is 0.154. The summed E-state index contributed by atoms with van der Waals surface area (Å²) in [6.07, 6.45) is 4.17. The Morgan fingerprint density at radius 1 is 1.35 bits per heavy atom. The van der Waals surface area contributed by atoms with E-state index in [1.54, 1.807) is 30.7 Å². The molecule has 0 bridgehead atoms. The minimum Gasteiger partial charge on any atom is -0.399 e. The van der Waals surface area contributed by atoms with E-state index in [9.17, 15) is 4.79 Å². The van der Waals surface area contributed by atoms with Gasteiger partial charge in [0.25, 0.3) is 5.56 Å². The van der Waals surface area contributed by atoms with Crippen molar-refractivity contribution in [2.24, 2.45) is 0 Å². The van der Waals surface area contributed by atoms with Gasteiger partial charge in [-0.05, 0) is 18.2 Å². The topological polar surface area (TPSA) is 112 Å². The summed E-state index contributed by atoms with van der Waals surface area (Å²) < 4.78 is 0.